The molecule has 3 atom stereocenters. The maximum Gasteiger partial charge on any atom is 0.0791 e. The normalized spacial score (nSPS) is 26.0. The predicted molar refractivity (Wildman–Crippen MR) is 88.2 cm³/mol. The van der Waals surface area contributed by atoms with Gasteiger partial charge in [-0.1, -0.05) is 61.9 Å². The van der Waals surface area contributed by atoms with Crippen molar-refractivity contribution in [1.82, 2.24) is 0 Å². The van der Waals surface area contributed by atoms with E-state index in [0.29, 0.717) is 0 Å². The molecule has 1 aliphatic rings. The Bertz CT molecular complexity index is 438. The lowest BCUT2D eigenvalue weighted by Gasteiger charge is -2.32. The van der Waals surface area contributed by atoms with Crippen molar-refractivity contribution in [3.63, 3.8) is 0 Å². The van der Waals surface area contributed by atoms with Gasteiger partial charge in [-0.05, 0) is 12.0 Å². The van der Waals surface area contributed by atoms with Crippen LogP contribution < -0.4 is 0 Å². The van der Waals surface area contributed by atoms with Gasteiger partial charge >= 0.3 is 0 Å². The van der Waals surface area contributed by atoms with Crippen molar-refractivity contribution in [2.75, 3.05) is 6.61 Å². The maximum atomic E-state index is 6.01. The Morgan fingerprint density at radius 1 is 1.24 bits per heavy atom. The molecule has 1 saturated heterocycles. The first-order chi connectivity index (χ1) is 10.3. The van der Waals surface area contributed by atoms with Crippen molar-refractivity contribution in [2.24, 2.45) is 0 Å². The first kappa shape index (κ1) is 16.0. The zero-order chi connectivity index (χ0) is 14.9. The quantitative estimate of drug-likeness (QED) is 0.538. The third-order valence-electron chi connectivity index (χ3n) is 3.76. The first-order valence-corrected chi connectivity index (χ1v) is 7.94. The molecule has 1 aromatic carbocycles. The zero-order valence-electron chi connectivity index (χ0n) is 12.9. The van der Waals surface area contributed by atoms with Gasteiger partial charge in [0.05, 0.1) is 18.3 Å². The lowest BCUT2D eigenvalue weighted by molar-refractivity contribution is -0.0820. The Morgan fingerprint density at radius 2 is 2.00 bits per heavy atom. The summed E-state index contributed by atoms with van der Waals surface area (Å²) in [5.74, 6) is 0. The van der Waals surface area contributed by atoms with Crippen LogP contribution >= 0.6 is 0 Å². The van der Waals surface area contributed by atoms with Crippen LogP contribution in [0.5, 0.6) is 0 Å². The zero-order valence-corrected chi connectivity index (χ0v) is 12.9. The molecule has 0 radical (unpaired) electrons. The molecule has 0 saturated carbocycles. The highest BCUT2D eigenvalue weighted by molar-refractivity contribution is 5.49. The molecule has 0 aromatic heterocycles. The van der Waals surface area contributed by atoms with Crippen LogP contribution in [0.4, 0.5) is 0 Å². The van der Waals surface area contributed by atoms with Crippen molar-refractivity contribution < 1.29 is 9.47 Å². The van der Waals surface area contributed by atoms with Crippen LogP contribution in [0.15, 0.2) is 49.1 Å². The molecule has 0 spiro atoms. The Kier molecular flexibility index (Phi) is 6.71. The van der Waals surface area contributed by atoms with E-state index >= 15 is 0 Å². The van der Waals surface area contributed by atoms with Gasteiger partial charge < -0.3 is 9.47 Å². The van der Waals surface area contributed by atoms with Gasteiger partial charge in [-0.2, -0.15) is 0 Å². The van der Waals surface area contributed by atoms with Crippen LogP contribution in [0.25, 0.3) is 6.08 Å². The standard InChI is InChI=1S/C19H26O2/c1-3-5-13-20-19-14-17(4-2)21-18(15-19)12-11-16-9-7-6-8-10-16/h4,6-12,17-19H,2-3,5,13-15H2,1H3/b12-11-/t17-,18+,19+/m0/s1. The summed E-state index contributed by atoms with van der Waals surface area (Å²) in [5.41, 5.74) is 1.20. The van der Waals surface area contributed by atoms with Gasteiger partial charge in [0.1, 0.15) is 0 Å². The van der Waals surface area contributed by atoms with Crippen LogP contribution in [0, 0.1) is 0 Å². The number of rotatable bonds is 7. The van der Waals surface area contributed by atoms with Crippen molar-refractivity contribution in [2.45, 2.75) is 50.9 Å². The van der Waals surface area contributed by atoms with Gasteiger partial charge in [0.2, 0.25) is 0 Å². The van der Waals surface area contributed by atoms with E-state index in [2.05, 4.69) is 37.8 Å². The van der Waals surface area contributed by atoms with Crippen LogP contribution in [-0.2, 0) is 9.47 Å². The van der Waals surface area contributed by atoms with Gasteiger partial charge in [-0.3, -0.25) is 0 Å². The van der Waals surface area contributed by atoms with E-state index in [1.807, 2.05) is 24.3 Å². The molecule has 21 heavy (non-hydrogen) atoms. The molecule has 0 unspecified atom stereocenters. The number of benzene rings is 1. The van der Waals surface area contributed by atoms with Crippen LogP contribution in [0.3, 0.4) is 0 Å². The fraction of sp³-hybridized carbons (Fsp3) is 0.474. The second-order valence-corrected chi connectivity index (χ2v) is 5.54. The molecular weight excluding hydrogens is 260 g/mol. The van der Waals surface area contributed by atoms with Crippen molar-refractivity contribution in [3.8, 4) is 0 Å². The van der Waals surface area contributed by atoms with E-state index in [-0.39, 0.29) is 18.3 Å². The summed E-state index contributed by atoms with van der Waals surface area (Å²) < 4.78 is 12.0. The molecule has 114 valence electrons. The Balaban J connectivity index is 1.91. The lowest BCUT2D eigenvalue weighted by atomic mass is 9.99. The molecule has 1 fully saturated rings. The molecule has 2 heteroatoms. The Hall–Kier alpha value is -1.38. The van der Waals surface area contributed by atoms with Gasteiger partial charge in [0, 0.05) is 19.4 Å². The number of ether oxygens (including phenoxy) is 2. The monoisotopic (exact) mass is 286 g/mol. The van der Waals surface area contributed by atoms with Crippen LogP contribution in [0.2, 0.25) is 0 Å². The number of hydrogen-bond acceptors (Lipinski definition) is 2. The molecule has 0 aliphatic carbocycles. The van der Waals surface area contributed by atoms with Crippen molar-refractivity contribution in [3.05, 3.63) is 54.6 Å². The van der Waals surface area contributed by atoms with Gasteiger partial charge in [-0.15, -0.1) is 6.58 Å². The van der Waals surface area contributed by atoms with E-state index in [4.69, 9.17) is 9.47 Å². The van der Waals surface area contributed by atoms with Crippen molar-refractivity contribution >= 4 is 6.08 Å². The minimum Gasteiger partial charge on any atom is -0.378 e. The first-order valence-electron chi connectivity index (χ1n) is 7.94. The van der Waals surface area contributed by atoms with E-state index < -0.39 is 0 Å². The Morgan fingerprint density at radius 3 is 2.71 bits per heavy atom. The molecule has 1 heterocycles. The minimum absolute atomic E-state index is 0.0933. The summed E-state index contributed by atoms with van der Waals surface area (Å²) in [6.45, 7) is 6.90. The molecular formula is C19H26O2. The molecule has 0 bridgehead atoms. The van der Waals surface area contributed by atoms with E-state index in [1.165, 1.54) is 12.0 Å². The van der Waals surface area contributed by atoms with Crippen LogP contribution in [-0.4, -0.2) is 24.9 Å². The van der Waals surface area contributed by atoms with Gasteiger partial charge in [0.15, 0.2) is 0 Å². The molecule has 2 rings (SSSR count). The molecule has 0 N–H and O–H groups in total. The second kappa shape index (κ2) is 8.81. The molecule has 1 aromatic rings. The van der Waals surface area contributed by atoms with Gasteiger partial charge in [0.25, 0.3) is 0 Å². The topological polar surface area (TPSA) is 18.5 Å². The van der Waals surface area contributed by atoms with E-state index in [0.717, 1.165) is 25.9 Å². The summed E-state index contributed by atoms with van der Waals surface area (Å²) in [6, 6.07) is 10.3. The second-order valence-electron chi connectivity index (χ2n) is 5.54. The summed E-state index contributed by atoms with van der Waals surface area (Å²) in [6.07, 6.45) is 10.8. The highest BCUT2D eigenvalue weighted by Crippen LogP contribution is 2.24. The largest absolute Gasteiger partial charge is 0.378 e. The fourth-order valence-corrected chi connectivity index (χ4v) is 2.54. The molecule has 1 aliphatic heterocycles. The average Bonchev–Trinajstić information content (AvgIpc) is 2.54. The van der Waals surface area contributed by atoms with Crippen molar-refractivity contribution in [1.29, 1.82) is 0 Å². The summed E-state index contributed by atoms with van der Waals surface area (Å²) >= 11 is 0. The minimum atomic E-state index is 0.0933. The number of unbranched alkanes of at least 4 members (excludes halogenated alkanes) is 1. The summed E-state index contributed by atoms with van der Waals surface area (Å²) in [7, 11) is 0. The lowest BCUT2D eigenvalue weighted by Crippen LogP contribution is -2.35. The van der Waals surface area contributed by atoms with Gasteiger partial charge in [-0.25, -0.2) is 0 Å². The third-order valence-corrected chi connectivity index (χ3v) is 3.76. The average molecular weight is 286 g/mol. The number of hydrogen-bond donors (Lipinski definition) is 0. The summed E-state index contributed by atoms with van der Waals surface area (Å²) in [5, 5.41) is 0. The third kappa shape index (κ3) is 5.49. The van der Waals surface area contributed by atoms with Crippen LogP contribution in [0.1, 0.15) is 38.2 Å². The highest BCUT2D eigenvalue weighted by atomic mass is 16.5. The van der Waals surface area contributed by atoms with E-state index in [9.17, 15) is 0 Å². The SMILES string of the molecule is C=C[C@H]1C[C@@H](OCCCC)C[C@@H](/C=C\c2ccccc2)O1. The highest BCUT2D eigenvalue weighted by Gasteiger charge is 2.26. The van der Waals surface area contributed by atoms with E-state index in [1.54, 1.807) is 0 Å². The summed E-state index contributed by atoms with van der Waals surface area (Å²) in [4.78, 5) is 0. The Labute approximate surface area is 128 Å². The maximum absolute atomic E-state index is 6.01. The molecule has 2 nitrogen and oxygen atoms in total. The fourth-order valence-electron chi connectivity index (χ4n) is 2.54. The predicted octanol–water partition coefficient (Wildman–Crippen LogP) is 4.62. The molecule has 0 amide bonds. The smallest absolute Gasteiger partial charge is 0.0791 e.